The molecule has 0 radical (unpaired) electrons. The standard InChI is InChI=1S/C9H18N4O3/c1-2-5-16-9(14)12-8(10)6-13(15)4-3-11-7-13/h2,8,11H,1,3-7,10H2,(H,12,14). The van der Waals surface area contributed by atoms with Gasteiger partial charge in [-0.05, 0) is 0 Å². The minimum absolute atomic E-state index is 0.123. The molecule has 92 valence electrons. The van der Waals surface area contributed by atoms with Gasteiger partial charge in [0, 0.05) is 0 Å². The molecule has 1 aliphatic heterocycles. The van der Waals surface area contributed by atoms with Crippen LogP contribution >= 0.6 is 0 Å². The van der Waals surface area contributed by atoms with Gasteiger partial charge in [0.05, 0.1) is 13.1 Å². The molecule has 0 aromatic rings. The molecule has 2 atom stereocenters. The largest absolute Gasteiger partial charge is 0.632 e. The van der Waals surface area contributed by atoms with E-state index in [0.29, 0.717) is 19.8 Å². The Kier molecular flexibility index (Phi) is 4.69. The summed E-state index contributed by atoms with van der Waals surface area (Å²) in [5, 5.41) is 17.2. The second-order valence-electron chi connectivity index (χ2n) is 3.76. The van der Waals surface area contributed by atoms with Crippen LogP contribution < -0.4 is 16.4 Å². The van der Waals surface area contributed by atoms with Crippen molar-refractivity contribution in [3.05, 3.63) is 17.9 Å². The highest BCUT2D eigenvalue weighted by Crippen LogP contribution is 2.06. The maximum absolute atomic E-state index is 11.9. The Balaban J connectivity index is 2.26. The van der Waals surface area contributed by atoms with Crippen LogP contribution in [0.4, 0.5) is 4.79 Å². The highest BCUT2D eigenvalue weighted by atomic mass is 16.6. The molecular formula is C9H18N4O3. The SMILES string of the molecule is C=CCOC(=O)NC(N)C[N+]1([O-])CCNC1. The van der Waals surface area contributed by atoms with Crippen LogP contribution in [0.2, 0.25) is 0 Å². The molecule has 1 saturated heterocycles. The van der Waals surface area contributed by atoms with E-state index >= 15 is 0 Å². The number of carbonyl (C=O) groups is 1. The molecule has 2 unspecified atom stereocenters. The first-order valence-corrected chi connectivity index (χ1v) is 5.13. The lowest BCUT2D eigenvalue weighted by Gasteiger charge is -2.39. The van der Waals surface area contributed by atoms with Gasteiger partial charge >= 0.3 is 6.09 Å². The second-order valence-corrected chi connectivity index (χ2v) is 3.76. The number of rotatable bonds is 5. The highest BCUT2D eigenvalue weighted by Gasteiger charge is 2.25. The summed E-state index contributed by atoms with van der Waals surface area (Å²) in [5.41, 5.74) is 5.63. The van der Waals surface area contributed by atoms with E-state index in [1.165, 1.54) is 6.08 Å². The predicted molar refractivity (Wildman–Crippen MR) is 58.9 cm³/mol. The number of hydrogen-bond acceptors (Lipinski definition) is 5. The molecular weight excluding hydrogens is 212 g/mol. The van der Waals surface area contributed by atoms with Crippen LogP contribution in [0.15, 0.2) is 12.7 Å². The van der Waals surface area contributed by atoms with Gasteiger partial charge < -0.3 is 25.6 Å². The topological polar surface area (TPSA) is 99.4 Å². The zero-order chi connectivity index (χ0) is 12.0. The van der Waals surface area contributed by atoms with Crippen molar-refractivity contribution in [2.24, 2.45) is 5.73 Å². The Morgan fingerprint density at radius 3 is 3.12 bits per heavy atom. The summed E-state index contributed by atoms with van der Waals surface area (Å²) < 4.78 is 4.26. The molecule has 0 aliphatic carbocycles. The molecule has 4 N–H and O–H groups in total. The Bertz CT molecular complexity index is 253. The minimum Gasteiger partial charge on any atom is -0.632 e. The van der Waals surface area contributed by atoms with Gasteiger partial charge in [-0.1, -0.05) is 12.7 Å². The van der Waals surface area contributed by atoms with Crippen LogP contribution in [0.1, 0.15) is 0 Å². The summed E-state index contributed by atoms with van der Waals surface area (Å²) in [4.78, 5) is 11.1. The van der Waals surface area contributed by atoms with E-state index in [4.69, 9.17) is 5.73 Å². The lowest BCUT2D eigenvalue weighted by Crippen LogP contribution is -2.55. The summed E-state index contributed by atoms with van der Waals surface area (Å²) in [6, 6.07) is 0. The average molecular weight is 230 g/mol. The van der Waals surface area contributed by atoms with Crippen molar-refractivity contribution >= 4 is 6.09 Å². The monoisotopic (exact) mass is 230 g/mol. The molecule has 1 amide bonds. The summed E-state index contributed by atoms with van der Waals surface area (Å²) in [7, 11) is 0. The fourth-order valence-electron chi connectivity index (χ4n) is 1.53. The third kappa shape index (κ3) is 4.15. The number of hydroxylamine groups is 3. The fraction of sp³-hybridized carbons (Fsp3) is 0.667. The van der Waals surface area contributed by atoms with Crippen LogP contribution in [-0.2, 0) is 4.74 Å². The summed E-state index contributed by atoms with van der Waals surface area (Å²) in [5.74, 6) is 0. The van der Waals surface area contributed by atoms with Crippen LogP contribution in [-0.4, -0.2) is 49.8 Å². The number of hydrogen-bond donors (Lipinski definition) is 3. The molecule has 1 fully saturated rings. The van der Waals surface area contributed by atoms with Gasteiger partial charge in [-0.3, -0.25) is 5.32 Å². The smallest absolute Gasteiger partial charge is 0.408 e. The van der Waals surface area contributed by atoms with Crippen molar-refractivity contribution in [1.82, 2.24) is 10.6 Å². The van der Waals surface area contributed by atoms with Crippen LogP contribution in [0.5, 0.6) is 0 Å². The first kappa shape index (κ1) is 12.9. The number of ether oxygens (including phenoxy) is 1. The number of quaternary nitrogens is 1. The van der Waals surface area contributed by atoms with E-state index in [0.717, 1.165) is 0 Å². The molecule has 1 heterocycles. The number of carbonyl (C=O) groups excluding carboxylic acids is 1. The van der Waals surface area contributed by atoms with Gasteiger partial charge in [0.2, 0.25) is 0 Å². The van der Waals surface area contributed by atoms with Gasteiger partial charge in [0.25, 0.3) is 0 Å². The zero-order valence-corrected chi connectivity index (χ0v) is 9.15. The van der Waals surface area contributed by atoms with Gasteiger partial charge in [0.15, 0.2) is 0 Å². The first-order chi connectivity index (χ1) is 7.56. The number of nitrogens with one attached hydrogen (secondary N) is 2. The summed E-state index contributed by atoms with van der Waals surface area (Å²) in [6.07, 6.45) is 0.123. The van der Waals surface area contributed by atoms with Crippen LogP contribution in [0.25, 0.3) is 0 Å². The first-order valence-electron chi connectivity index (χ1n) is 5.13. The molecule has 7 nitrogen and oxygen atoms in total. The van der Waals surface area contributed by atoms with Crippen LogP contribution in [0, 0.1) is 5.21 Å². The second kappa shape index (κ2) is 5.80. The van der Waals surface area contributed by atoms with E-state index in [2.05, 4.69) is 21.9 Å². The summed E-state index contributed by atoms with van der Waals surface area (Å²) in [6.45, 7) is 5.14. The van der Waals surface area contributed by atoms with Crippen LogP contribution in [0.3, 0.4) is 0 Å². The Morgan fingerprint density at radius 2 is 2.56 bits per heavy atom. The number of nitrogens with zero attached hydrogens (tertiary/aromatic N) is 1. The molecule has 0 aromatic heterocycles. The van der Waals surface area contributed by atoms with E-state index in [1.54, 1.807) is 0 Å². The van der Waals surface area contributed by atoms with Crippen molar-refractivity contribution < 1.29 is 14.2 Å². The average Bonchev–Trinajstić information content (AvgIpc) is 2.61. The van der Waals surface area contributed by atoms with Crippen molar-refractivity contribution in [3.8, 4) is 0 Å². The lowest BCUT2D eigenvalue weighted by atomic mass is 10.4. The molecule has 1 rings (SSSR count). The molecule has 1 aliphatic rings. The summed E-state index contributed by atoms with van der Waals surface area (Å²) >= 11 is 0. The number of alkyl carbamates (subject to hydrolysis) is 1. The van der Waals surface area contributed by atoms with Crippen molar-refractivity contribution in [1.29, 1.82) is 0 Å². The molecule has 7 heteroatoms. The quantitative estimate of drug-likeness (QED) is 0.245. The molecule has 0 saturated carbocycles. The zero-order valence-electron chi connectivity index (χ0n) is 9.15. The molecule has 0 spiro atoms. The lowest BCUT2D eigenvalue weighted by molar-refractivity contribution is -0.869. The Morgan fingerprint density at radius 1 is 1.81 bits per heavy atom. The number of nitrogens with two attached hydrogens (primary N) is 1. The van der Waals surface area contributed by atoms with E-state index < -0.39 is 16.9 Å². The van der Waals surface area contributed by atoms with Crippen molar-refractivity contribution in [3.63, 3.8) is 0 Å². The third-order valence-electron chi connectivity index (χ3n) is 2.26. The fourth-order valence-corrected chi connectivity index (χ4v) is 1.53. The van der Waals surface area contributed by atoms with E-state index in [-0.39, 0.29) is 13.2 Å². The third-order valence-corrected chi connectivity index (χ3v) is 2.26. The predicted octanol–water partition coefficient (Wildman–Crippen LogP) is -0.941. The molecule has 16 heavy (non-hydrogen) atoms. The van der Waals surface area contributed by atoms with Gasteiger partial charge in [-0.15, -0.1) is 0 Å². The van der Waals surface area contributed by atoms with E-state index in [9.17, 15) is 10.0 Å². The van der Waals surface area contributed by atoms with Gasteiger partial charge in [-0.2, -0.15) is 0 Å². The Labute approximate surface area is 94.4 Å². The van der Waals surface area contributed by atoms with Crippen molar-refractivity contribution in [2.75, 3.05) is 32.9 Å². The highest BCUT2D eigenvalue weighted by molar-refractivity contribution is 5.67. The Hall–Kier alpha value is -1.15. The normalized spacial score (nSPS) is 26.1. The maximum Gasteiger partial charge on any atom is 0.408 e. The van der Waals surface area contributed by atoms with Crippen molar-refractivity contribution in [2.45, 2.75) is 6.17 Å². The number of amides is 1. The van der Waals surface area contributed by atoms with Gasteiger partial charge in [0.1, 0.15) is 26.0 Å². The maximum atomic E-state index is 11.9. The molecule has 0 aromatic carbocycles. The van der Waals surface area contributed by atoms with Gasteiger partial charge in [-0.25, -0.2) is 4.79 Å². The minimum atomic E-state index is -0.699. The van der Waals surface area contributed by atoms with E-state index in [1.807, 2.05) is 0 Å². The molecule has 0 bridgehead atoms.